The van der Waals surface area contributed by atoms with Crippen LogP contribution >= 0.6 is 12.6 Å². The first-order valence-electron chi connectivity index (χ1n) is 4.07. The van der Waals surface area contributed by atoms with E-state index in [1.807, 2.05) is 0 Å². The molecule has 68 valence electrons. The highest BCUT2D eigenvalue weighted by Crippen LogP contribution is 2.39. The van der Waals surface area contributed by atoms with Gasteiger partial charge in [-0.2, -0.15) is 0 Å². The molecule has 12 heavy (non-hydrogen) atoms. The van der Waals surface area contributed by atoms with E-state index in [1.165, 1.54) is 0 Å². The van der Waals surface area contributed by atoms with Gasteiger partial charge in [-0.15, -0.1) is 12.6 Å². The molecule has 0 aromatic carbocycles. The van der Waals surface area contributed by atoms with E-state index in [4.69, 9.17) is 5.11 Å². The zero-order chi connectivity index (χ0) is 9.35. The molecular formula is C9H14O2S. The van der Waals surface area contributed by atoms with Gasteiger partial charge < -0.3 is 5.11 Å². The lowest BCUT2D eigenvalue weighted by Gasteiger charge is -2.30. The van der Waals surface area contributed by atoms with Gasteiger partial charge in [-0.3, -0.25) is 0 Å². The Kier molecular flexibility index (Phi) is 2.52. The Morgan fingerprint density at radius 3 is 2.58 bits per heavy atom. The topological polar surface area (TPSA) is 37.3 Å². The molecule has 0 spiro atoms. The van der Waals surface area contributed by atoms with Crippen molar-refractivity contribution in [1.29, 1.82) is 0 Å². The van der Waals surface area contributed by atoms with Crippen LogP contribution in [0, 0.1) is 5.41 Å². The fraction of sp³-hybridized carbons (Fsp3) is 0.667. The first-order chi connectivity index (χ1) is 5.42. The molecule has 0 unspecified atom stereocenters. The van der Waals surface area contributed by atoms with Gasteiger partial charge in [0.2, 0.25) is 0 Å². The van der Waals surface area contributed by atoms with Crippen molar-refractivity contribution in [2.45, 2.75) is 33.1 Å². The molecule has 0 aromatic rings. The summed E-state index contributed by atoms with van der Waals surface area (Å²) >= 11 is 4.17. The van der Waals surface area contributed by atoms with E-state index < -0.39 is 5.97 Å². The maximum Gasteiger partial charge on any atom is 0.332 e. The van der Waals surface area contributed by atoms with Crippen LogP contribution in [0.1, 0.15) is 33.1 Å². The molecule has 1 N–H and O–H groups in total. The highest BCUT2D eigenvalue weighted by Gasteiger charge is 2.28. The normalized spacial score (nSPS) is 22.6. The molecule has 1 aliphatic carbocycles. The first kappa shape index (κ1) is 9.65. The average Bonchev–Trinajstić information content (AvgIpc) is 1.94. The third kappa shape index (κ3) is 2.03. The Bertz CT molecular complexity index is 241. The minimum absolute atomic E-state index is 0.125. The van der Waals surface area contributed by atoms with Crippen molar-refractivity contribution in [3.63, 3.8) is 0 Å². The standard InChI is InChI=1S/C9H14O2S/c1-9(2)4-3-7(12)6(5-9)8(10)11/h12H,3-5H2,1-2H3,(H,10,11). The highest BCUT2D eigenvalue weighted by molar-refractivity contribution is 7.84. The van der Waals surface area contributed by atoms with Gasteiger partial charge in [-0.25, -0.2) is 4.79 Å². The fourth-order valence-electron chi connectivity index (χ4n) is 1.48. The quantitative estimate of drug-likeness (QED) is 0.617. The molecule has 0 heterocycles. The molecule has 0 aliphatic heterocycles. The van der Waals surface area contributed by atoms with E-state index in [0.717, 1.165) is 17.7 Å². The van der Waals surface area contributed by atoms with Gasteiger partial charge in [0, 0.05) is 5.57 Å². The number of carbonyl (C=O) groups is 1. The SMILES string of the molecule is CC1(C)CCC(S)=C(C(=O)O)C1. The summed E-state index contributed by atoms with van der Waals surface area (Å²) in [5, 5.41) is 8.83. The molecule has 1 aliphatic rings. The number of carboxylic acids is 1. The van der Waals surface area contributed by atoms with Gasteiger partial charge in [-0.1, -0.05) is 13.8 Å². The Balaban J connectivity index is 2.89. The predicted molar refractivity (Wildman–Crippen MR) is 51.3 cm³/mol. The van der Waals surface area contributed by atoms with E-state index >= 15 is 0 Å². The number of hydrogen-bond acceptors (Lipinski definition) is 2. The average molecular weight is 186 g/mol. The summed E-state index contributed by atoms with van der Waals surface area (Å²) in [6.45, 7) is 4.19. The van der Waals surface area contributed by atoms with Crippen LogP contribution in [0.2, 0.25) is 0 Å². The summed E-state index contributed by atoms with van der Waals surface area (Å²) in [7, 11) is 0. The molecule has 0 radical (unpaired) electrons. The molecule has 3 heteroatoms. The summed E-state index contributed by atoms with van der Waals surface area (Å²) in [6, 6.07) is 0. The van der Waals surface area contributed by atoms with Crippen molar-refractivity contribution in [3.8, 4) is 0 Å². The highest BCUT2D eigenvalue weighted by atomic mass is 32.1. The summed E-state index contributed by atoms with van der Waals surface area (Å²) < 4.78 is 0. The first-order valence-corrected chi connectivity index (χ1v) is 4.51. The van der Waals surface area contributed by atoms with Gasteiger partial charge >= 0.3 is 5.97 Å². The Morgan fingerprint density at radius 2 is 2.17 bits per heavy atom. The molecular weight excluding hydrogens is 172 g/mol. The number of thiol groups is 1. The van der Waals surface area contributed by atoms with E-state index in [2.05, 4.69) is 26.5 Å². The van der Waals surface area contributed by atoms with Crippen LogP contribution in [0.5, 0.6) is 0 Å². The van der Waals surface area contributed by atoms with Gasteiger partial charge in [0.1, 0.15) is 0 Å². The maximum absolute atomic E-state index is 10.7. The van der Waals surface area contributed by atoms with Crippen LogP contribution in [-0.4, -0.2) is 11.1 Å². The fourth-order valence-corrected chi connectivity index (χ4v) is 1.76. The van der Waals surface area contributed by atoms with Crippen LogP contribution in [0.3, 0.4) is 0 Å². The second-order valence-electron chi connectivity index (χ2n) is 4.07. The summed E-state index contributed by atoms with van der Waals surface area (Å²) in [6.07, 6.45) is 2.47. The number of hydrogen-bond donors (Lipinski definition) is 2. The molecule has 1 rings (SSSR count). The molecule has 2 nitrogen and oxygen atoms in total. The summed E-state index contributed by atoms with van der Waals surface area (Å²) in [5.74, 6) is -0.812. The maximum atomic E-state index is 10.7. The molecule has 0 saturated heterocycles. The second kappa shape index (κ2) is 3.13. The minimum Gasteiger partial charge on any atom is -0.478 e. The lowest BCUT2D eigenvalue weighted by atomic mass is 9.77. The van der Waals surface area contributed by atoms with Crippen molar-refractivity contribution in [3.05, 3.63) is 10.5 Å². The Labute approximate surface area is 78.1 Å². The molecule has 0 fully saturated rings. The van der Waals surface area contributed by atoms with Crippen LogP contribution in [0.4, 0.5) is 0 Å². The van der Waals surface area contributed by atoms with Crippen molar-refractivity contribution in [2.75, 3.05) is 0 Å². The van der Waals surface area contributed by atoms with Gasteiger partial charge in [0.05, 0.1) is 0 Å². The monoisotopic (exact) mass is 186 g/mol. The van der Waals surface area contributed by atoms with Crippen LogP contribution in [0.15, 0.2) is 10.5 Å². The second-order valence-corrected chi connectivity index (χ2v) is 4.61. The van der Waals surface area contributed by atoms with Crippen LogP contribution in [-0.2, 0) is 4.79 Å². The van der Waals surface area contributed by atoms with Crippen molar-refractivity contribution >= 4 is 18.6 Å². The number of rotatable bonds is 1. The van der Waals surface area contributed by atoms with Crippen LogP contribution < -0.4 is 0 Å². The predicted octanol–water partition coefficient (Wildman–Crippen LogP) is 2.46. The summed E-state index contributed by atoms with van der Waals surface area (Å²) in [5.41, 5.74) is 0.620. The van der Waals surface area contributed by atoms with E-state index in [-0.39, 0.29) is 5.41 Å². The molecule has 0 amide bonds. The third-order valence-corrected chi connectivity index (χ3v) is 2.79. The largest absolute Gasteiger partial charge is 0.478 e. The molecule has 0 bridgehead atoms. The smallest absolute Gasteiger partial charge is 0.332 e. The molecule has 0 aromatic heterocycles. The van der Waals surface area contributed by atoms with Crippen LogP contribution in [0.25, 0.3) is 0 Å². The van der Waals surface area contributed by atoms with E-state index in [1.54, 1.807) is 0 Å². The van der Waals surface area contributed by atoms with Gasteiger partial charge in [0.25, 0.3) is 0 Å². The zero-order valence-electron chi connectivity index (χ0n) is 7.42. The van der Waals surface area contributed by atoms with Gasteiger partial charge in [0.15, 0.2) is 0 Å². The lowest BCUT2D eigenvalue weighted by Crippen LogP contribution is -2.21. The molecule has 0 atom stereocenters. The Hall–Kier alpha value is -0.440. The lowest BCUT2D eigenvalue weighted by molar-refractivity contribution is -0.133. The van der Waals surface area contributed by atoms with E-state index in [9.17, 15) is 4.79 Å². The minimum atomic E-state index is -0.812. The van der Waals surface area contributed by atoms with Crippen molar-refractivity contribution < 1.29 is 9.90 Å². The number of aliphatic carboxylic acids is 1. The third-order valence-electron chi connectivity index (χ3n) is 2.30. The number of allylic oxidation sites excluding steroid dienone is 1. The van der Waals surface area contributed by atoms with Crippen molar-refractivity contribution in [2.24, 2.45) is 5.41 Å². The Morgan fingerprint density at radius 1 is 1.58 bits per heavy atom. The zero-order valence-corrected chi connectivity index (χ0v) is 8.32. The van der Waals surface area contributed by atoms with E-state index in [0.29, 0.717) is 12.0 Å². The number of carboxylic acid groups (broad SMARTS) is 1. The van der Waals surface area contributed by atoms with Gasteiger partial charge in [-0.05, 0) is 29.6 Å². The summed E-state index contributed by atoms with van der Waals surface area (Å²) in [4.78, 5) is 11.5. The van der Waals surface area contributed by atoms with Crippen molar-refractivity contribution in [1.82, 2.24) is 0 Å². The molecule has 0 saturated carbocycles.